The van der Waals surface area contributed by atoms with Crippen LogP contribution in [0.25, 0.3) is 0 Å². The number of allylic oxidation sites excluding steroid dienone is 7. The van der Waals surface area contributed by atoms with Crippen molar-refractivity contribution in [1.82, 2.24) is 0 Å². The minimum Gasteiger partial charge on any atom is -0.508 e. The lowest BCUT2D eigenvalue weighted by Gasteiger charge is -2.25. The molecule has 0 fully saturated rings. The average molecular weight is 160 g/mol. The Kier molecular flexibility index (Phi) is 1.65. The molecule has 0 bridgehead atoms. The first-order valence-corrected chi connectivity index (χ1v) is 4.21. The van der Waals surface area contributed by atoms with E-state index in [0.29, 0.717) is 17.6 Å². The number of hydrogen-bond donors (Lipinski definition) is 1. The van der Waals surface area contributed by atoms with Gasteiger partial charge >= 0.3 is 0 Å². The zero-order valence-corrected chi connectivity index (χ0v) is 7.07. The number of aliphatic hydroxyl groups is 1. The molecule has 0 aromatic heterocycles. The van der Waals surface area contributed by atoms with Crippen LogP contribution in [0.15, 0.2) is 47.8 Å². The Hall–Kier alpha value is -1.24. The van der Waals surface area contributed by atoms with Crippen LogP contribution in [0, 0.1) is 11.8 Å². The normalized spacial score (nSPS) is 32.4. The molecule has 2 atom stereocenters. The largest absolute Gasteiger partial charge is 0.508 e. The van der Waals surface area contributed by atoms with Crippen molar-refractivity contribution >= 4 is 0 Å². The molecule has 0 aromatic carbocycles. The van der Waals surface area contributed by atoms with Crippen molar-refractivity contribution in [3.05, 3.63) is 47.8 Å². The number of rotatable bonds is 0. The van der Waals surface area contributed by atoms with E-state index in [9.17, 15) is 5.11 Å². The first kappa shape index (κ1) is 7.41. The maximum atomic E-state index is 9.35. The second kappa shape index (κ2) is 2.67. The standard InChI is InChI=1S/C11H12O/c1-8-6-10(12)7-9-4-2-3-5-11(8)9/h2-7,9,11-12H,1H3. The van der Waals surface area contributed by atoms with Gasteiger partial charge in [-0.15, -0.1) is 0 Å². The lowest BCUT2D eigenvalue weighted by atomic mass is 9.80. The van der Waals surface area contributed by atoms with Crippen molar-refractivity contribution in [3.8, 4) is 0 Å². The predicted octanol–water partition coefficient (Wildman–Crippen LogP) is 2.75. The molecule has 2 unspecified atom stereocenters. The van der Waals surface area contributed by atoms with Crippen LogP contribution in [0.2, 0.25) is 0 Å². The van der Waals surface area contributed by atoms with Gasteiger partial charge in [-0.1, -0.05) is 29.9 Å². The van der Waals surface area contributed by atoms with Crippen LogP contribution in [-0.4, -0.2) is 5.11 Å². The van der Waals surface area contributed by atoms with Crippen molar-refractivity contribution in [2.24, 2.45) is 11.8 Å². The molecule has 0 saturated carbocycles. The van der Waals surface area contributed by atoms with Gasteiger partial charge in [-0.2, -0.15) is 0 Å². The highest BCUT2D eigenvalue weighted by Gasteiger charge is 2.21. The van der Waals surface area contributed by atoms with Crippen LogP contribution in [0.3, 0.4) is 0 Å². The molecule has 0 aromatic rings. The second-order valence-corrected chi connectivity index (χ2v) is 3.35. The van der Waals surface area contributed by atoms with Crippen molar-refractivity contribution in [1.29, 1.82) is 0 Å². The quantitative estimate of drug-likeness (QED) is 0.577. The van der Waals surface area contributed by atoms with E-state index in [0.717, 1.165) is 0 Å². The zero-order chi connectivity index (χ0) is 8.55. The molecule has 0 aliphatic heterocycles. The minimum atomic E-state index is 0.361. The topological polar surface area (TPSA) is 20.2 Å². The van der Waals surface area contributed by atoms with Crippen LogP contribution >= 0.6 is 0 Å². The highest BCUT2D eigenvalue weighted by atomic mass is 16.3. The van der Waals surface area contributed by atoms with Gasteiger partial charge < -0.3 is 5.11 Å². The van der Waals surface area contributed by atoms with E-state index in [2.05, 4.69) is 25.2 Å². The van der Waals surface area contributed by atoms with Crippen molar-refractivity contribution in [2.45, 2.75) is 6.92 Å². The Bertz CT molecular complexity index is 305. The van der Waals surface area contributed by atoms with Crippen LogP contribution in [0.1, 0.15) is 6.92 Å². The van der Waals surface area contributed by atoms with Gasteiger partial charge in [-0.05, 0) is 19.1 Å². The maximum Gasteiger partial charge on any atom is 0.112 e. The number of hydrogen-bond acceptors (Lipinski definition) is 1. The molecular formula is C11H12O. The van der Waals surface area contributed by atoms with Gasteiger partial charge in [0.1, 0.15) is 5.76 Å². The van der Waals surface area contributed by atoms with E-state index in [-0.39, 0.29) is 0 Å². The molecule has 1 heteroatoms. The molecule has 0 saturated heterocycles. The predicted molar refractivity (Wildman–Crippen MR) is 49.7 cm³/mol. The summed E-state index contributed by atoms with van der Waals surface area (Å²) in [6, 6.07) is 0. The molecule has 12 heavy (non-hydrogen) atoms. The van der Waals surface area contributed by atoms with Crippen LogP contribution in [-0.2, 0) is 0 Å². The summed E-state index contributed by atoms with van der Waals surface area (Å²) < 4.78 is 0. The summed E-state index contributed by atoms with van der Waals surface area (Å²) in [5, 5.41) is 9.35. The fraction of sp³-hybridized carbons (Fsp3) is 0.273. The molecular weight excluding hydrogens is 148 g/mol. The zero-order valence-electron chi connectivity index (χ0n) is 7.07. The van der Waals surface area contributed by atoms with Gasteiger partial charge in [0.15, 0.2) is 0 Å². The van der Waals surface area contributed by atoms with Gasteiger partial charge in [0.2, 0.25) is 0 Å². The highest BCUT2D eigenvalue weighted by Crippen LogP contribution is 2.32. The van der Waals surface area contributed by atoms with Gasteiger partial charge in [0, 0.05) is 11.8 Å². The first-order valence-electron chi connectivity index (χ1n) is 4.21. The lowest BCUT2D eigenvalue weighted by molar-refractivity contribution is 0.412. The first-order chi connectivity index (χ1) is 5.77. The molecule has 0 spiro atoms. The third kappa shape index (κ3) is 1.11. The van der Waals surface area contributed by atoms with Crippen LogP contribution < -0.4 is 0 Å². The Balaban J connectivity index is 2.36. The lowest BCUT2D eigenvalue weighted by Crippen LogP contribution is -2.15. The fourth-order valence-electron chi connectivity index (χ4n) is 1.81. The SMILES string of the molecule is CC1=CC(O)=CC2C=CC=CC12. The van der Waals surface area contributed by atoms with Gasteiger partial charge in [-0.25, -0.2) is 0 Å². The summed E-state index contributed by atoms with van der Waals surface area (Å²) in [5.41, 5.74) is 1.24. The van der Waals surface area contributed by atoms with Crippen molar-refractivity contribution < 1.29 is 5.11 Å². The summed E-state index contributed by atoms with van der Waals surface area (Å²) in [7, 11) is 0. The van der Waals surface area contributed by atoms with E-state index < -0.39 is 0 Å². The molecule has 2 rings (SSSR count). The van der Waals surface area contributed by atoms with Gasteiger partial charge in [0.25, 0.3) is 0 Å². The molecule has 0 radical (unpaired) electrons. The summed E-state index contributed by atoms with van der Waals surface area (Å²) in [4.78, 5) is 0. The van der Waals surface area contributed by atoms with E-state index in [1.807, 2.05) is 18.2 Å². The summed E-state index contributed by atoms with van der Waals surface area (Å²) >= 11 is 0. The second-order valence-electron chi connectivity index (χ2n) is 3.35. The average Bonchev–Trinajstić information content (AvgIpc) is 2.04. The van der Waals surface area contributed by atoms with E-state index >= 15 is 0 Å². The maximum absolute atomic E-state index is 9.35. The van der Waals surface area contributed by atoms with E-state index in [4.69, 9.17) is 0 Å². The van der Waals surface area contributed by atoms with E-state index in [1.165, 1.54) is 5.57 Å². The van der Waals surface area contributed by atoms with Gasteiger partial charge in [0.05, 0.1) is 0 Å². The Morgan fingerprint density at radius 3 is 2.83 bits per heavy atom. The summed E-state index contributed by atoms with van der Waals surface area (Å²) in [6.07, 6.45) is 12.1. The monoisotopic (exact) mass is 160 g/mol. The Morgan fingerprint density at radius 1 is 1.25 bits per heavy atom. The van der Waals surface area contributed by atoms with Crippen molar-refractivity contribution in [2.75, 3.05) is 0 Å². The minimum absolute atomic E-state index is 0.361. The summed E-state index contributed by atoms with van der Waals surface area (Å²) in [6.45, 7) is 2.06. The molecule has 2 aliphatic rings. The number of aliphatic hydroxyl groups excluding tert-OH is 1. The molecule has 2 aliphatic carbocycles. The molecule has 0 amide bonds. The number of fused-ring (bicyclic) bond motifs is 1. The third-order valence-electron chi connectivity index (χ3n) is 2.44. The Morgan fingerprint density at radius 2 is 2.00 bits per heavy atom. The van der Waals surface area contributed by atoms with E-state index in [1.54, 1.807) is 0 Å². The van der Waals surface area contributed by atoms with Gasteiger partial charge in [-0.3, -0.25) is 0 Å². The highest BCUT2D eigenvalue weighted by molar-refractivity contribution is 5.34. The van der Waals surface area contributed by atoms with Crippen LogP contribution in [0.4, 0.5) is 0 Å². The fourth-order valence-corrected chi connectivity index (χ4v) is 1.81. The molecule has 1 N–H and O–H groups in total. The summed E-state index contributed by atoms with van der Waals surface area (Å²) in [5.74, 6) is 1.22. The van der Waals surface area contributed by atoms with Crippen LogP contribution in [0.5, 0.6) is 0 Å². The molecule has 0 heterocycles. The smallest absolute Gasteiger partial charge is 0.112 e. The Labute approximate surface area is 72.4 Å². The van der Waals surface area contributed by atoms with Crippen molar-refractivity contribution in [3.63, 3.8) is 0 Å². The molecule has 1 nitrogen and oxygen atoms in total. The third-order valence-corrected chi connectivity index (χ3v) is 2.44. The molecule has 62 valence electrons.